The van der Waals surface area contributed by atoms with Crippen LogP contribution >= 0.6 is 0 Å². The van der Waals surface area contributed by atoms with Crippen LogP contribution in [0.1, 0.15) is 25.3 Å². The van der Waals surface area contributed by atoms with Gasteiger partial charge in [0.1, 0.15) is 5.82 Å². The van der Waals surface area contributed by atoms with Crippen LogP contribution in [-0.2, 0) is 6.54 Å². The molecule has 2 N–H and O–H groups in total. The third kappa shape index (κ3) is 5.01. The van der Waals surface area contributed by atoms with E-state index >= 15 is 0 Å². The molecule has 1 saturated heterocycles. The molecule has 0 radical (unpaired) electrons. The molecule has 1 aliphatic heterocycles. The van der Waals surface area contributed by atoms with Gasteiger partial charge in [0.2, 0.25) is 0 Å². The van der Waals surface area contributed by atoms with Crippen molar-refractivity contribution in [1.29, 1.82) is 0 Å². The number of nitrogens with zero attached hydrogens (tertiary/aromatic N) is 2. The minimum atomic E-state index is -0.215. The highest BCUT2D eigenvalue weighted by Crippen LogP contribution is 2.13. The first-order chi connectivity index (χ1) is 10.2. The molecule has 5 heteroatoms. The fourth-order valence-electron chi connectivity index (χ4n) is 2.60. The summed E-state index contributed by atoms with van der Waals surface area (Å²) in [7, 11) is 2.16. The zero-order valence-electron chi connectivity index (χ0n) is 12.9. The molecule has 2 rings (SSSR count). The summed E-state index contributed by atoms with van der Waals surface area (Å²) in [6.45, 7) is 5.40. The molecule has 0 aromatic heterocycles. The lowest BCUT2D eigenvalue weighted by molar-refractivity contribution is 0.309. The Kier molecular flexibility index (Phi) is 5.99. The molecule has 0 bridgehead atoms. The lowest BCUT2D eigenvalue weighted by atomic mass is 10.2. The summed E-state index contributed by atoms with van der Waals surface area (Å²) in [6, 6.07) is 7.15. The van der Waals surface area contributed by atoms with Gasteiger partial charge in [-0.2, -0.15) is 0 Å². The van der Waals surface area contributed by atoms with Crippen molar-refractivity contribution in [2.75, 3.05) is 26.7 Å². The Balaban J connectivity index is 1.89. The van der Waals surface area contributed by atoms with E-state index in [0.717, 1.165) is 24.6 Å². The smallest absolute Gasteiger partial charge is 0.191 e. The Labute approximate surface area is 126 Å². The van der Waals surface area contributed by atoms with Crippen LogP contribution in [-0.4, -0.2) is 43.6 Å². The maximum absolute atomic E-state index is 13.1. The first-order valence-electron chi connectivity index (χ1n) is 7.66. The van der Waals surface area contributed by atoms with E-state index in [0.29, 0.717) is 12.6 Å². The first kappa shape index (κ1) is 15.8. The number of benzene rings is 1. The van der Waals surface area contributed by atoms with E-state index in [1.54, 1.807) is 6.07 Å². The quantitative estimate of drug-likeness (QED) is 0.644. The molecule has 1 aromatic carbocycles. The zero-order valence-corrected chi connectivity index (χ0v) is 12.9. The molecule has 1 aliphatic rings. The molecular formula is C16H25FN4. The number of hydrogen-bond acceptors (Lipinski definition) is 2. The second-order valence-corrected chi connectivity index (χ2v) is 5.48. The second-order valence-electron chi connectivity index (χ2n) is 5.48. The fraction of sp³-hybridized carbons (Fsp3) is 0.562. The minimum absolute atomic E-state index is 0.215. The van der Waals surface area contributed by atoms with E-state index in [2.05, 4.69) is 27.6 Å². The van der Waals surface area contributed by atoms with E-state index in [9.17, 15) is 4.39 Å². The number of halogens is 1. The lowest BCUT2D eigenvalue weighted by Gasteiger charge is -2.21. The number of aliphatic imine (C=N–C) groups is 1. The molecule has 21 heavy (non-hydrogen) atoms. The van der Waals surface area contributed by atoms with Gasteiger partial charge in [-0.25, -0.2) is 9.38 Å². The van der Waals surface area contributed by atoms with Gasteiger partial charge < -0.3 is 15.5 Å². The van der Waals surface area contributed by atoms with E-state index in [4.69, 9.17) is 0 Å². The zero-order chi connectivity index (χ0) is 15.1. The normalized spacial score (nSPS) is 19.8. The monoisotopic (exact) mass is 292 g/mol. The van der Waals surface area contributed by atoms with Gasteiger partial charge in [0.25, 0.3) is 0 Å². The molecule has 116 valence electrons. The van der Waals surface area contributed by atoms with Crippen LogP contribution in [0.25, 0.3) is 0 Å². The van der Waals surface area contributed by atoms with Gasteiger partial charge in [-0.05, 0) is 51.1 Å². The molecule has 1 atom stereocenters. The molecule has 1 unspecified atom stereocenters. The Morgan fingerprint density at radius 2 is 2.29 bits per heavy atom. The number of guanidine groups is 1. The third-order valence-corrected chi connectivity index (χ3v) is 3.83. The van der Waals surface area contributed by atoms with Crippen LogP contribution in [0.15, 0.2) is 29.3 Å². The highest BCUT2D eigenvalue weighted by atomic mass is 19.1. The van der Waals surface area contributed by atoms with E-state index in [1.165, 1.54) is 31.5 Å². The first-order valence-corrected chi connectivity index (χ1v) is 7.66. The summed E-state index contributed by atoms with van der Waals surface area (Å²) in [6.07, 6.45) is 2.49. The van der Waals surface area contributed by atoms with Gasteiger partial charge in [-0.1, -0.05) is 12.1 Å². The summed E-state index contributed by atoms with van der Waals surface area (Å²) in [5.74, 6) is 0.579. The lowest BCUT2D eigenvalue weighted by Crippen LogP contribution is -2.44. The van der Waals surface area contributed by atoms with Gasteiger partial charge in [0.05, 0.1) is 6.54 Å². The number of hydrogen-bond donors (Lipinski definition) is 2. The highest BCUT2D eigenvalue weighted by molar-refractivity contribution is 5.79. The number of nitrogens with one attached hydrogen (secondary N) is 2. The Hall–Kier alpha value is -1.62. The Morgan fingerprint density at radius 3 is 2.95 bits per heavy atom. The number of rotatable bonds is 5. The molecule has 1 aromatic rings. The SMILES string of the molecule is CCNC(=NCc1cccc(F)c1)NCC1CCCN1C. The van der Waals surface area contributed by atoms with Crippen LogP contribution < -0.4 is 10.6 Å². The summed E-state index contributed by atoms with van der Waals surface area (Å²) in [5, 5.41) is 6.61. The highest BCUT2D eigenvalue weighted by Gasteiger charge is 2.20. The fourth-order valence-corrected chi connectivity index (χ4v) is 2.60. The molecule has 0 saturated carbocycles. The van der Waals surface area contributed by atoms with Crippen molar-refractivity contribution >= 4 is 5.96 Å². The molecule has 1 heterocycles. The van der Waals surface area contributed by atoms with E-state index in [1.807, 2.05) is 13.0 Å². The Morgan fingerprint density at radius 1 is 1.43 bits per heavy atom. The Bertz CT molecular complexity index is 475. The standard InChI is InChI=1S/C16H25FN4/c1-3-18-16(20-12-15-8-5-9-21(15)2)19-11-13-6-4-7-14(17)10-13/h4,6-7,10,15H,3,5,8-9,11-12H2,1-2H3,(H2,18,19,20). The molecular weight excluding hydrogens is 267 g/mol. The third-order valence-electron chi connectivity index (χ3n) is 3.83. The molecule has 1 fully saturated rings. The van der Waals surface area contributed by atoms with Gasteiger partial charge >= 0.3 is 0 Å². The topological polar surface area (TPSA) is 39.7 Å². The average Bonchev–Trinajstić information content (AvgIpc) is 2.87. The van der Waals surface area contributed by atoms with Crippen LogP contribution in [0.5, 0.6) is 0 Å². The summed E-state index contributed by atoms with van der Waals surface area (Å²) in [4.78, 5) is 6.90. The molecule has 0 amide bonds. The van der Waals surface area contributed by atoms with Crippen molar-refractivity contribution < 1.29 is 4.39 Å². The number of likely N-dealkylation sites (tertiary alicyclic amines) is 1. The summed E-state index contributed by atoms with van der Waals surface area (Å²) >= 11 is 0. The average molecular weight is 292 g/mol. The minimum Gasteiger partial charge on any atom is -0.357 e. The van der Waals surface area contributed by atoms with Crippen molar-refractivity contribution in [2.24, 2.45) is 4.99 Å². The largest absolute Gasteiger partial charge is 0.357 e. The van der Waals surface area contributed by atoms with Gasteiger partial charge in [-0.3, -0.25) is 0 Å². The van der Waals surface area contributed by atoms with Crippen LogP contribution in [0.2, 0.25) is 0 Å². The molecule has 0 spiro atoms. The van der Waals surface area contributed by atoms with Gasteiger partial charge in [0, 0.05) is 19.1 Å². The summed E-state index contributed by atoms with van der Waals surface area (Å²) < 4.78 is 13.1. The van der Waals surface area contributed by atoms with Crippen molar-refractivity contribution in [1.82, 2.24) is 15.5 Å². The van der Waals surface area contributed by atoms with Gasteiger partial charge in [-0.15, -0.1) is 0 Å². The summed E-state index contributed by atoms with van der Waals surface area (Å²) in [5.41, 5.74) is 0.880. The molecule has 4 nitrogen and oxygen atoms in total. The maximum atomic E-state index is 13.1. The van der Waals surface area contributed by atoms with Gasteiger partial charge in [0.15, 0.2) is 5.96 Å². The van der Waals surface area contributed by atoms with E-state index in [-0.39, 0.29) is 5.82 Å². The van der Waals surface area contributed by atoms with E-state index < -0.39 is 0 Å². The maximum Gasteiger partial charge on any atom is 0.191 e. The van der Waals surface area contributed by atoms with Crippen molar-refractivity contribution in [3.8, 4) is 0 Å². The predicted octanol–water partition coefficient (Wildman–Crippen LogP) is 1.98. The van der Waals surface area contributed by atoms with Crippen LogP contribution in [0.3, 0.4) is 0 Å². The van der Waals surface area contributed by atoms with Crippen LogP contribution in [0.4, 0.5) is 4.39 Å². The van der Waals surface area contributed by atoms with Crippen molar-refractivity contribution in [2.45, 2.75) is 32.4 Å². The second kappa shape index (κ2) is 7.98. The van der Waals surface area contributed by atoms with Crippen LogP contribution in [0, 0.1) is 5.82 Å². The van der Waals surface area contributed by atoms with Crippen molar-refractivity contribution in [3.63, 3.8) is 0 Å². The van der Waals surface area contributed by atoms with Crippen molar-refractivity contribution in [3.05, 3.63) is 35.6 Å². The predicted molar refractivity (Wildman–Crippen MR) is 84.9 cm³/mol. The molecule has 0 aliphatic carbocycles. The number of likely N-dealkylation sites (N-methyl/N-ethyl adjacent to an activating group) is 1.